The number of aliphatic hydroxyl groups is 1. The molecule has 0 aromatic carbocycles. The molecule has 0 spiro atoms. The summed E-state index contributed by atoms with van der Waals surface area (Å²) < 4.78 is 1.28. The monoisotopic (exact) mass is 240 g/mol. The molecule has 1 aromatic heterocycles. The minimum Gasteiger partial charge on any atom is -0.480 e. The molecule has 0 aliphatic rings. The largest absolute Gasteiger partial charge is 0.480 e. The summed E-state index contributed by atoms with van der Waals surface area (Å²) in [7, 11) is 1.53. The third-order valence-electron chi connectivity index (χ3n) is 2.15. The molecule has 0 saturated carbocycles. The van der Waals surface area contributed by atoms with Crippen molar-refractivity contribution in [1.29, 1.82) is 0 Å². The molecule has 7 nitrogen and oxygen atoms in total. The van der Waals surface area contributed by atoms with Gasteiger partial charge in [0, 0.05) is 24.9 Å². The minimum absolute atomic E-state index is 0.0489. The average Bonchev–Trinajstić information content (AvgIpc) is 2.28. The Balaban J connectivity index is 2.86. The number of rotatable bonds is 4. The molecule has 17 heavy (non-hydrogen) atoms. The fourth-order valence-corrected chi connectivity index (χ4v) is 1.12. The Bertz CT molecular complexity index is 494. The van der Waals surface area contributed by atoms with E-state index in [2.05, 4.69) is 5.32 Å². The number of hydrogen-bond acceptors (Lipinski definition) is 4. The topological polar surface area (TPSA) is 109 Å². The Hall–Kier alpha value is -2.15. The molecule has 0 aliphatic carbocycles. The first kappa shape index (κ1) is 12.9. The van der Waals surface area contributed by atoms with Crippen LogP contribution in [0.1, 0.15) is 10.4 Å². The molecule has 0 fully saturated rings. The zero-order valence-electron chi connectivity index (χ0n) is 9.08. The molecule has 1 amide bonds. The fourth-order valence-electron chi connectivity index (χ4n) is 1.12. The van der Waals surface area contributed by atoms with Crippen molar-refractivity contribution in [1.82, 2.24) is 9.88 Å². The predicted octanol–water partition coefficient (Wildman–Crippen LogP) is -1.44. The number of aliphatic hydroxyl groups excluding tert-OH is 1. The quantitative estimate of drug-likeness (QED) is 0.597. The highest BCUT2D eigenvalue weighted by molar-refractivity contribution is 5.96. The van der Waals surface area contributed by atoms with Crippen molar-refractivity contribution >= 4 is 11.9 Å². The van der Waals surface area contributed by atoms with Crippen LogP contribution in [0.3, 0.4) is 0 Å². The second-order valence-electron chi connectivity index (χ2n) is 3.41. The number of amides is 1. The van der Waals surface area contributed by atoms with Gasteiger partial charge in [0.1, 0.15) is 0 Å². The maximum absolute atomic E-state index is 11.5. The molecule has 92 valence electrons. The van der Waals surface area contributed by atoms with E-state index in [9.17, 15) is 14.4 Å². The molecular weight excluding hydrogens is 228 g/mol. The molecule has 0 aliphatic heterocycles. The Morgan fingerprint density at radius 3 is 2.65 bits per heavy atom. The molecule has 7 heteroatoms. The normalized spacial score (nSPS) is 11.9. The van der Waals surface area contributed by atoms with Gasteiger partial charge in [0.2, 0.25) is 0 Å². The summed E-state index contributed by atoms with van der Waals surface area (Å²) in [5.74, 6) is -2.06. The lowest BCUT2D eigenvalue weighted by Gasteiger charge is -2.11. The lowest BCUT2D eigenvalue weighted by atomic mass is 10.2. The predicted molar refractivity (Wildman–Crippen MR) is 57.7 cm³/mol. The smallest absolute Gasteiger partial charge is 0.328 e. The molecule has 0 saturated heterocycles. The molecule has 0 radical (unpaired) electrons. The molecule has 3 N–H and O–H groups in total. The second-order valence-corrected chi connectivity index (χ2v) is 3.41. The number of carboxylic acids is 1. The van der Waals surface area contributed by atoms with E-state index in [0.29, 0.717) is 0 Å². The first-order chi connectivity index (χ1) is 7.95. The van der Waals surface area contributed by atoms with Gasteiger partial charge in [-0.2, -0.15) is 0 Å². The molecular formula is C10H12N2O5. The van der Waals surface area contributed by atoms with Gasteiger partial charge in [-0.3, -0.25) is 9.59 Å². The van der Waals surface area contributed by atoms with Crippen molar-refractivity contribution in [2.24, 2.45) is 7.05 Å². The summed E-state index contributed by atoms with van der Waals surface area (Å²) in [5.41, 5.74) is -0.332. The number of carbonyl (C=O) groups excluding carboxylic acids is 1. The van der Waals surface area contributed by atoms with Crippen molar-refractivity contribution in [2.75, 3.05) is 6.61 Å². The molecule has 1 heterocycles. The van der Waals surface area contributed by atoms with E-state index in [4.69, 9.17) is 10.2 Å². The summed E-state index contributed by atoms with van der Waals surface area (Å²) in [4.78, 5) is 33.4. The van der Waals surface area contributed by atoms with Crippen molar-refractivity contribution in [3.63, 3.8) is 0 Å². The summed E-state index contributed by atoms with van der Waals surface area (Å²) in [6.07, 6.45) is 1.39. The van der Waals surface area contributed by atoms with E-state index >= 15 is 0 Å². The van der Waals surface area contributed by atoms with Gasteiger partial charge in [-0.15, -0.1) is 0 Å². The Kier molecular flexibility index (Phi) is 4.00. The minimum atomic E-state index is -1.38. The third-order valence-corrected chi connectivity index (χ3v) is 2.15. The van der Waals surface area contributed by atoms with Crippen LogP contribution in [0.5, 0.6) is 0 Å². The van der Waals surface area contributed by atoms with Gasteiger partial charge in [-0.1, -0.05) is 0 Å². The number of aryl methyl sites for hydroxylation is 1. The number of hydrogen-bond donors (Lipinski definition) is 3. The molecule has 1 rings (SSSR count). The zero-order valence-corrected chi connectivity index (χ0v) is 9.08. The van der Waals surface area contributed by atoms with Crippen LogP contribution in [-0.4, -0.2) is 39.3 Å². The van der Waals surface area contributed by atoms with Gasteiger partial charge in [-0.05, 0) is 6.07 Å². The van der Waals surface area contributed by atoms with E-state index in [1.807, 2.05) is 0 Å². The first-order valence-electron chi connectivity index (χ1n) is 4.77. The summed E-state index contributed by atoms with van der Waals surface area (Å²) in [6, 6.07) is 1.09. The Labute approximate surface area is 96.3 Å². The summed E-state index contributed by atoms with van der Waals surface area (Å²) >= 11 is 0. The number of carbonyl (C=O) groups is 2. The van der Waals surface area contributed by atoms with Crippen LogP contribution in [-0.2, 0) is 11.8 Å². The highest BCUT2D eigenvalue weighted by Crippen LogP contribution is 1.95. The highest BCUT2D eigenvalue weighted by Gasteiger charge is 2.19. The third kappa shape index (κ3) is 3.15. The fraction of sp³-hybridized carbons (Fsp3) is 0.300. The van der Waals surface area contributed by atoms with Crippen LogP contribution in [0.2, 0.25) is 0 Å². The maximum atomic E-state index is 11.5. The number of aliphatic carboxylic acids is 1. The van der Waals surface area contributed by atoms with Crippen LogP contribution in [0.15, 0.2) is 23.1 Å². The lowest BCUT2D eigenvalue weighted by molar-refractivity contribution is -0.140. The lowest BCUT2D eigenvalue weighted by Crippen LogP contribution is -2.43. The molecule has 1 atom stereocenters. The van der Waals surface area contributed by atoms with Crippen LogP contribution in [0, 0.1) is 0 Å². The number of carboxylic acid groups (broad SMARTS) is 1. The zero-order chi connectivity index (χ0) is 13.0. The standard InChI is InChI=1S/C10H12N2O5/c1-12-3-2-6(4-8(12)14)9(15)11-7(5-13)10(16)17/h2-4,7,13H,5H2,1H3,(H,11,15)(H,16,17). The van der Waals surface area contributed by atoms with Gasteiger partial charge in [0.05, 0.1) is 6.61 Å². The van der Waals surface area contributed by atoms with Crippen molar-refractivity contribution in [3.05, 3.63) is 34.2 Å². The molecule has 0 bridgehead atoms. The van der Waals surface area contributed by atoms with Gasteiger partial charge in [-0.25, -0.2) is 4.79 Å². The highest BCUT2D eigenvalue weighted by atomic mass is 16.4. The summed E-state index contributed by atoms with van der Waals surface area (Å²) in [5, 5.41) is 19.4. The van der Waals surface area contributed by atoms with Crippen molar-refractivity contribution < 1.29 is 19.8 Å². The van der Waals surface area contributed by atoms with Gasteiger partial charge < -0.3 is 20.1 Å². The maximum Gasteiger partial charge on any atom is 0.328 e. The number of nitrogens with zero attached hydrogens (tertiary/aromatic N) is 1. The van der Waals surface area contributed by atoms with E-state index in [-0.39, 0.29) is 11.1 Å². The van der Waals surface area contributed by atoms with Crippen molar-refractivity contribution in [3.8, 4) is 0 Å². The first-order valence-corrected chi connectivity index (χ1v) is 4.77. The van der Waals surface area contributed by atoms with Crippen LogP contribution in [0.4, 0.5) is 0 Å². The van der Waals surface area contributed by atoms with Crippen LogP contribution >= 0.6 is 0 Å². The van der Waals surface area contributed by atoms with Crippen LogP contribution < -0.4 is 10.9 Å². The number of aromatic nitrogens is 1. The average molecular weight is 240 g/mol. The number of pyridine rings is 1. The molecule has 1 unspecified atom stereocenters. The number of nitrogens with one attached hydrogen (secondary N) is 1. The van der Waals surface area contributed by atoms with E-state index in [1.165, 1.54) is 23.9 Å². The van der Waals surface area contributed by atoms with Gasteiger partial charge in [0.25, 0.3) is 11.5 Å². The van der Waals surface area contributed by atoms with Crippen LogP contribution in [0.25, 0.3) is 0 Å². The summed E-state index contributed by atoms with van der Waals surface area (Å²) in [6.45, 7) is -0.716. The Morgan fingerprint density at radius 1 is 1.53 bits per heavy atom. The van der Waals surface area contributed by atoms with E-state index in [0.717, 1.165) is 6.07 Å². The van der Waals surface area contributed by atoms with Gasteiger partial charge in [0.15, 0.2) is 6.04 Å². The Morgan fingerprint density at radius 2 is 2.18 bits per heavy atom. The second kappa shape index (κ2) is 5.26. The van der Waals surface area contributed by atoms with E-state index < -0.39 is 24.5 Å². The molecule has 1 aromatic rings. The van der Waals surface area contributed by atoms with E-state index in [1.54, 1.807) is 0 Å². The SMILES string of the molecule is Cn1ccc(C(=O)NC(CO)C(=O)O)cc1=O. The van der Waals surface area contributed by atoms with Gasteiger partial charge >= 0.3 is 5.97 Å². The van der Waals surface area contributed by atoms with Crippen molar-refractivity contribution in [2.45, 2.75) is 6.04 Å².